The van der Waals surface area contributed by atoms with E-state index in [-0.39, 0.29) is 16.1 Å². The highest BCUT2D eigenvalue weighted by Crippen LogP contribution is 2.36. The van der Waals surface area contributed by atoms with Crippen molar-refractivity contribution < 1.29 is 9.13 Å². The summed E-state index contributed by atoms with van der Waals surface area (Å²) in [5, 5.41) is 6.75. The molecule has 164 valence electrons. The number of aromatic nitrogens is 2. The summed E-state index contributed by atoms with van der Waals surface area (Å²) in [6, 6.07) is 10.7. The Balaban J connectivity index is 1.91. The maximum Gasteiger partial charge on any atom is 0.229 e. The van der Waals surface area contributed by atoms with Crippen LogP contribution in [0.5, 0.6) is 5.75 Å². The Morgan fingerprint density at radius 2 is 2.03 bits per heavy atom. The van der Waals surface area contributed by atoms with E-state index in [4.69, 9.17) is 22.1 Å². The van der Waals surface area contributed by atoms with Gasteiger partial charge in [0.1, 0.15) is 16.6 Å². The lowest BCUT2D eigenvalue weighted by Gasteiger charge is -2.16. The van der Waals surface area contributed by atoms with Crippen LogP contribution in [-0.2, 0) is 6.42 Å². The van der Waals surface area contributed by atoms with Crippen molar-refractivity contribution in [3.05, 3.63) is 59.0 Å². The third-order valence-corrected chi connectivity index (χ3v) is 5.61. The van der Waals surface area contributed by atoms with Gasteiger partial charge >= 0.3 is 0 Å². The van der Waals surface area contributed by atoms with Gasteiger partial charge in [0.05, 0.1) is 24.7 Å². The Bertz CT molecular complexity index is 1050. The molecule has 0 bridgehead atoms. The largest absolute Gasteiger partial charge is 0.495 e. The van der Waals surface area contributed by atoms with Crippen molar-refractivity contribution in [3.8, 4) is 5.75 Å². The fourth-order valence-corrected chi connectivity index (χ4v) is 3.98. The summed E-state index contributed by atoms with van der Waals surface area (Å²) < 4.78 is 20.0. The first-order valence-corrected chi connectivity index (χ1v) is 11.1. The predicted octanol–water partition coefficient (Wildman–Crippen LogP) is 5.77. The molecule has 0 atom stereocenters. The number of benzene rings is 2. The van der Waals surface area contributed by atoms with Crippen molar-refractivity contribution in [1.82, 2.24) is 9.97 Å². The van der Waals surface area contributed by atoms with Crippen LogP contribution in [0.3, 0.4) is 0 Å². The molecule has 0 fully saturated rings. The number of hydrogen-bond donors (Lipinski definition) is 3. The van der Waals surface area contributed by atoms with Crippen LogP contribution in [0, 0.1) is 5.82 Å². The van der Waals surface area contributed by atoms with Crippen molar-refractivity contribution in [1.29, 1.82) is 0 Å². The molecule has 0 aliphatic carbocycles. The summed E-state index contributed by atoms with van der Waals surface area (Å²) in [6.45, 7) is 4.63. The zero-order chi connectivity index (χ0) is 22.4. The molecule has 0 spiro atoms. The SMILES string of the molecule is COc1ccc(CCN)cc1Nc1ncc(Cl)c(Nc2c(F)cccc2SC(C)C)n1. The van der Waals surface area contributed by atoms with E-state index in [0.717, 1.165) is 16.9 Å². The first kappa shape index (κ1) is 23.1. The summed E-state index contributed by atoms with van der Waals surface area (Å²) in [4.78, 5) is 9.47. The topological polar surface area (TPSA) is 85.1 Å². The minimum absolute atomic E-state index is 0.276. The van der Waals surface area contributed by atoms with Crippen LogP contribution < -0.4 is 21.1 Å². The molecule has 0 aliphatic heterocycles. The number of thioether (sulfide) groups is 1. The van der Waals surface area contributed by atoms with E-state index in [1.807, 2.05) is 38.1 Å². The second-order valence-electron chi connectivity index (χ2n) is 6.99. The Hall–Kier alpha value is -2.55. The fraction of sp³-hybridized carbons (Fsp3) is 0.273. The lowest BCUT2D eigenvalue weighted by atomic mass is 10.1. The van der Waals surface area contributed by atoms with Gasteiger partial charge in [0.25, 0.3) is 0 Å². The van der Waals surface area contributed by atoms with Crippen LogP contribution in [0.1, 0.15) is 19.4 Å². The number of rotatable bonds is 9. The molecule has 0 radical (unpaired) electrons. The van der Waals surface area contributed by atoms with Gasteiger partial charge in [-0.25, -0.2) is 9.37 Å². The van der Waals surface area contributed by atoms with Gasteiger partial charge in [0.2, 0.25) is 5.95 Å². The van der Waals surface area contributed by atoms with Gasteiger partial charge in [-0.1, -0.05) is 37.6 Å². The summed E-state index contributed by atoms with van der Waals surface area (Å²) in [5.74, 6) is 0.848. The van der Waals surface area contributed by atoms with Gasteiger partial charge in [-0.05, 0) is 42.8 Å². The van der Waals surface area contributed by atoms with Gasteiger partial charge < -0.3 is 21.1 Å². The molecule has 3 aromatic rings. The standard InChI is InChI=1S/C22H25ClFN5OS/c1-13(2)31-19-6-4-5-16(24)20(19)28-21-15(23)12-26-22(29-21)27-17-11-14(9-10-25)7-8-18(17)30-3/h4-8,11-13H,9-10,25H2,1-3H3,(H2,26,27,28,29). The zero-order valence-corrected chi connectivity index (χ0v) is 19.1. The molecule has 4 N–H and O–H groups in total. The maximum absolute atomic E-state index is 14.6. The Morgan fingerprint density at radius 3 is 2.74 bits per heavy atom. The van der Waals surface area contributed by atoms with Crippen LogP contribution in [0.15, 0.2) is 47.5 Å². The zero-order valence-electron chi connectivity index (χ0n) is 17.6. The molecular weight excluding hydrogens is 437 g/mol. The second-order valence-corrected chi connectivity index (χ2v) is 9.02. The van der Waals surface area contributed by atoms with E-state index >= 15 is 0 Å². The minimum Gasteiger partial charge on any atom is -0.495 e. The second kappa shape index (κ2) is 10.7. The van der Waals surface area contributed by atoms with E-state index in [1.165, 1.54) is 12.3 Å². The molecule has 9 heteroatoms. The molecule has 31 heavy (non-hydrogen) atoms. The average molecular weight is 462 g/mol. The van der Waals surface area contributed by atoms with Crippen molar-refractivity contribution in [2.45, 2.75) is 30.4 Å². The molecule has 3 rings (SSSR count). The van der Waals surface area contributed by atoms with Gasteiger partial charge in [-0.3, -0.25) is 0 Å². The lowest BCUT2D eigenvalue weighted by Crippen LogP contribution is -2.06. The van der Waals surface area contributed by atoms with E-state index in [1.54, 1.807) is 24.9 Å². The first-order valence-electron chi connectivity index (χ1n) is 9.80. The number of anilines is 4. The molecule has 1 heterocycles. The normalized spacial score (nSPS) is 10.9. The lowest BCUT2D eigenvalue weighted by molar-refractivity contribution is 0.416. The minimum atomic E-state index is -0.383. The number of methoxy groups -OCH3 is 1. The van der Waals surface area contributed by atoms with Crippen molar-refractivity contribution >= 4 is 46.5 Å². The van der Waals surface area contributed by atoms with E-state index < -0.39 is 0 Å². The predicted molar refractivity (Wildman–Crippen MR) is 127 cm³/mol. The molecule has 0 aliphatic rings. The maximum atomic E-state index is 14.6. The van der Waals surface area contributed by atoms with Gasteiger partial charge in [0.15, 0.2) is 5.82 Å². The highest BCUT2D eigenvalue weighted by Gasteiger charge is 2.15. The van der Waals surface area contributed by atoms with Gasteiger partial charge in [-0.15, -0.1) is 11.8 Å². The number of ether oxygens (including phenoxy) is 1. The average Bonchev–Trinajstić information content (AvgIpc) is 2.73. The van der Waals surface area contributed by atoms with Crippen LogP contribution in [-0.4, -0.2) is 28.9 Å². The third kappa shape index (κ3) is 6.00. The molecule has 0 amide bonds. The van der Waals surface area contributed by atoms with Crippen LogP contribution in [0.25, 0.3) is 0 Å². The monoisotopic (exact) mass is 461 g/mol. The molecule has 0 saturated carbocycles. The molecule has 0 saturated heterocycles. The van der Waals surface area contributed by atoms with Crippen LogP contribution in [0.2, 0.25) is 5.02 Å². The van der Waals surface area contributed by atoms with E-state index in [9.17, 15) is 4.39 Å². The quantitative estimate of drug-likeness (QED) is 0.349. The number of hydrogen-bond acceptors (Lipinski definition) is 7. The summed E-state index contributed by atoms with van der Waals surface area (Å²) in [6.07, 6.45) is 2.20. The summed E-state index contributed by atoms with van der Waals surface area (Å²) in [5.41, 5.74) is 7.75. The number of halogens is 2. The van der Waals surface area contributed by atoms with E-state index in [0.29, 0.717) is 35.4 Å². The van der Waals surface area contributed by atoms with Gasteiger partial charge in [0, 0.05) is 10.1 Å². The third-order valence-electron chi connectivity index (χ3n) is 4.27. The molecule has 0 unspecified atom stereocenters. The first-order chi connectivity index (χ1) is 14.9. The molecule has 6 nitrogen and oxygen atoms in total. The van der Waals surface area contributed by atoms with Crippen molar-refractivity contribution in [2.24, 2.45) is 5.73 Å². The Morgan fingerprint density at radius 1 is 1.23 bits per heavy atom. The Labute approximate surface area is 190 Å². The number of nitrogens with zero attached hydrogens (tertiary/aromatic N) is 2. The summed E-state index contributed by atoms with van der Waals surface area (Å²) in [7, 11) is 1.59. The smallest absolute Gasteiger partial charge is 0.229 e. The van der Waals surface area contributed by atoms with Crippen molar-refractivity contribution in [2.75, 3.05) is 24.3 Å². The van der Waals surface area contributed by atoms with Gasteiger partial charge in [-0.2, -0.15) is 4.98 Å². The highest BCUT2D eigenvalue weighted by molar-refractivity contribution is 8.00. The fourth-order valence-electron chi connectivity index (χ4n) is 2.91. The Kier molecular flexibility index (Phi) is 7.95. The number of para-hydroxylation sites is 1. The molecule has 2 aromatic carbocycles. The molecule has 1 aromatic heterocycles. The van der Waals surface area contributed by atoms with E-state index in [2.05, 4.69) is 20.6 Å². The molecular formula is C22H25ClFN5OS. The summed E-state index contributed by atoms with van der Waals surface area (Å²) >= 11 is 7.85. The van der Waals surface area contributed by atoms with Crippen LogP contribution >= 0.6 is 23.4 Å². The number of nitrogens with two attached hydrogens (primary N) is 1. The van der Waals surface area contributed by atoms with Crippen LogP contribution in [0.4, 0.5) is 27.5 Å². The van der Waals surface area contributed by atoms with Crippen molar-refractivity contribution in [3.63, 3.8) is 0 Å². The number of nitrogens with one attached hydrogen (secondary N) is 2. The highest BCUT2D eigenvalue weighted by atomic mass is 35.5.